The van der Waals surface area contributed by atoms with E-state index >= 15 is 0 Å². The Balaban J connectivity index is 1.94. The molecule has 18 heavy (non-hydrogen) atoms. The number of hydrogen-bond donors (Lipinski definition) is 3. The van der Waals surface area contributed by atoms with Gasteiger partial charge in [-0.15, -0.1) is 0 Å². The van der Waals surface area contributed by atoms with Crippen LogP contribution in [0.1, 0.15) is 23.7 Å². The van der Waals surface area contributed by atoms with Gasteiger partial charge in [-0.05, 0) is 19.0 Å². The molecular weight excluding hydrogens is 228 g/mol. The predicted molar refractivity (Wildman–Crippen MR) is 71.6 cm³/mol. The summed E-state index contributed by atoms with van der Waals surface area (Å²) >= 11 is 0. The minimum absolute atomic E-state index is 0.0665. The van der Waals surface area contributed by atoms with E-state index in [1.165, 1.54) is 0 Å². The highest BCUT2D eigenvalue weighted by Crippen LogP contribution is 2.14. The zero-order valence-corrected chi connectivity index (χ0v) is 10.5. The number of aromatic amines is 1. The number of fused-ring (bicyclic) bond motifs is 1. The van der Waals surface area contributed by atoms with Gasteiger partial charge in [-0.2, -0.15) is 5.10 Å². The van der Waals surface area contributed by atoms with Gasteiger partial charge in [0.15, 0.2) is 0 Å². The Hall–Kier alpha value is -1.88. The summed E-state index contributed by atoms with van der Waals surface area (Å²) in [6, 6.07) is 5.59. The van der Waals surface area contributed by atoms with Crippen molar-refractivity contribution < 1.29 is 4.79 Å². The minimum atomic E-state index is -0.0665. The van der Waals surface area contributed by atoms with E-state index in [0.717, 1.165) is 30.4 Å². The quantitative estimate of drug-likeness (QED) is 0.673. The van der Waals surface area contributed by atoms with Crippen LogP contribution in [0.3, 0.4) is 0 Å². The summed E-state index contributed by atoms with van der Waals surface area (Å²) in [6.07, 6.45) is 2.82. The summed E-state index contributed by atoms with van der Waals surface area (Å²) in [5.74, 6) is -0.0665. The van der Waals surface area contributed by atoms with E-state index in [9.17, 15) is 4.79 Å². The van der Waals surface area contributed by atoms with Gasteiger partial charge in [0, 0.05) is 18.5 Å². The van der Waals surface area contributed by atoms with E-state index in [4.69, 9.17) is 0 Å². The van der Waals surface area contributed by atoms with Crippen molar-refractivity contribution in [1.29, 1.82) is 0 Å². The standard InChI is InChI=1S/C13H18N4O/c1-2-6-14-7-8-15-13(18)11-5-3-4-10-9-16-17-12(10)11/h3-5,9,14H,2,6-8H2,1H3,(H,15,18)(H,16,17). The molecule has 0 unspecified atom stereocenters. The molecule has 0 saturated heterocycles. The van der Waals surface area contributed by atoms with Crippen molar-refractivity contribution in [2.45, 2.75) is 13.3 Å². The largest absolute Gasteiger partial charge is 0.351 e. The number of hydrogen-bond acceptors (Lipinski definition) is 3. The number of benzene rings is 1. The molecule has 0 aliphatic carbocycles. The van der Waals surface area contributed by atoms with E-state index in [1.807, 2.05) is 12.1 Å². The van der Waals surface area contributed by atoms with Gasteiger partial charge in [0.1, 0.15) is 0 Å². The molecule has 0 fully saturated rings. The SMILES string of the molecule is CCCNCCNC(=O)c1cccc2cn[nH]c12. The Morgan fingerprint density at radius 1 is 1.33 bits per heavy atom. The molecule has 5 heteroatoms. The fourth-order valence-corrected chi connectivity index (χ4v) is 1.82. The summed E-state index contributed by atoms with van der Waals surface area (Å²) < 4.78 is 0. The Kier molecular flexibility index (Phi) is 4.30. The molecule has 0 aliphatic heterocycles. The van der Waals surface area contributed by atoms with Crippen molar-refractivity contribution in [1.82, 2.24) is 20.8 Å². The number of rotatable bonds is 6. The lowest BCUT2D eigenvalue weighted by molar-refractivity contribution is 0.0955. The van der Waals surface area contributed by atoms with Crippen LogP contribution >= 0.6 is 0 Å². The first kappa shape index (κ1) is 12.6. The van der Waals surface area contributed by atoms with Gasteiger partial charge >= 0.3 is 0 Å². The summed E-state index contributed by atoms with van der Waals surface area (Å²) in [6.45, 7) is 4.51. The molecule has 0 radical (unpaired) electrons. The van der Waals surface area contributed by atoms with Crippen LogP contribution in [-0.4, -0.2) is 35.7 Å². The van der Waals surface area contributed by atoms with Crippen LogP contribution in [0.15, 0.2) is 24.4 Å². The van der Waals surface area contributed by atoms with Crippen LogP contribution in [-0.2, 0) is 0 Å². The predicted octanol–water partition coefficient (Wildman–Crippen LogP) is 1.29. The molecule has 2 aromatic rings. The van der Waals surface area contributed by atoms with Crippen molar-refractivity contribution in [2.24, 2.45) is 0 Å². The number of para-hydroxylation sites is 1. The van der Waals surface area contributed by atoms with E-state index in [0.29, 0.717) is 12.1 Å². The van der Waals surface area contributed by atoms with Gasteiger partial charge < -0.3 is 10.6 Å². The number of nitrogens with zero attached hydrogens (tertiary/aromatic N) is 1. The summed E-state index contributed by atoms with van der Waals surface area (Å²) in [4.78, 5) is 12.0. The molecular formula is C13H18N4O. The number of amides is 1. The third-order valence-electron chi connectivity index (χ3n) is 2.74. The lowest BCUT2D eigenvalue weighted by atomic mass is 10.1. The molecule has 1 aromatic heterocycles. The zero-order chi connectivity index (χ0) is 12.8. The van der Waals surface area contributed by atoms with Crippen molar-refractivity contribution in [2.75, 3.05) is 19.6 Å². The van der Waals surface area contributed by atoms with E-state index in [2.05, 4.69) is 27.8 Å². The monoisotopic (exact) mass is 246 g/mol. The van der Waals surface area contributed by atoms with Crippen LogP contribution in [0.5, 0.6) is 0 Å². The first-order chi connectivity index (χ1) is 8.83. The molecule has 5 nitrogen and oxygen atoms in total. The maximum absolute atomic E-state index is 12.0. The van der Waals surface area contributed by atoms with Gasteiger partial charge in [-0.25, -0.2) is 0 Å². The topological polar surface area (TPSA) is 69.8 Å². The molecule has 3 N–H and O–H groups in total. The van der Waals surface area contributed by atoms with Crippen LogP contribution in [0, 0.1) is 0 Å². The highest BCUT2D eigenvalue weighted by Gasteiger charge is 2.10. The second-order valence-electron chi connectivity index (χ2n) is 4.15. The molecule has 0 spiro atoms. The maximum Gasteiger partial charge on any atom is 0.253 e. The third kappa shape index (κ3) is 2.87. The fraction of sp³-hybridized carbons (Fsp3) is 0.385. The minimum Gasteiger partial charge on any atom is -0.351 e. The van der Waals surface area contributed by atoms with Crippen LogP contribution in [0.25, 0.3) is 10.9 Å². The van der Waals surface area contributed by atoms with Gasteiger partial charge in [-0.1, -0.05) is 19.1 Å². The molecule has 0 saturated carbocycles. The van der Waals surface area contributed by atoms with E-state index in [-0.39, 0.29) is 5.91 Å². The lowest BCUT2D eigenvalue weighted by Crippen LogP contribution is -2.32. The molecule has 0 bridgehead atoms. The second-order valence-corrected chi connectivity index (χ2v) is 4.15. The second kappa shape index (κ2) is 6.16. The lowest BCUT2D eigenvalue weighted by Gasteiger charge is -2.06. The van der Waals surface area contributed by atoms with Crippen molar-refractivity contribution >= 4 is 16.8 Å². The van der Waals surface area contributed by atoms with Gasteiger partial charge in [0.05, 0.1) is 17.3 Å². The number of H-pyrrole nitrogens is 1. The number of carbonyl (C=O) groups excluding carboxylic acids is 1. The average Bonchev–Trinajstić information content (AvgIpc) is 2.86. The van der Waals surface area contributed by atoms with Crippen LogP contribution in [0.2, 0.25) is 0 Å². The zero-order valence-electron chi connectivity index (χ0n) is 10.5. The fourth-order valence-electron chi connectivity index (χ4n) is 1.82. The molecule has 0 atom stereocenters. The van der Waals surface area contributed by atoms with Gasteiger partial charge in [0.25, 0.3) is 5.91 Å². The first-order valence-corrected chi connectivity index (χ1v) is 6.24. The summed E-state index contributed by atoms with van der Waals surface area (Å²) in [5, 5.41) is 13.9. The van der Waals surface area contributed by atoms with E-state index < -0.39 is 0 Å². The highest BCUT2D eigenvalue weighted by atomic mass is 16.1. The Labute approximate surface area is 106 Å². The van der Waals surface area contributed by atoms with Gasteiger partial charge in [0.2, 0.25) is 0 Å². The summed E-state index contributed by atoms with van der Waals surface area (Å²) in [5.41, 5.74) is 1.43. The first-order valence-electron chi connectivity index (χ1n) is 6.24. The highest BCUT2D eigenvalue weighted by molar-refractivity contribution is 6.05. The normalized spacial score (nSPS) is 10.7. The molecule has 1 heterocycles. The summed E-state index contributed by atoms with van der Waals surface area (Å²) in [7, 11) is 0. The van der Waals surface area contributed by atoms with Crippen LogP contribution < -0.4 is 10.6 Å². The third-order valence-corrected chi connectivity index (χ3v) is 2.74. The molecule has 0 aliphatic rings. The molecule has 2 rings (SSSR count). The smallest absolute Gasteiger partial charge is 0.253 e. The Morgan fingerprint density at radius 3 is 3.06 bits per heavy atom. The van der Waals surface area contributed by atoms with Gasteiger partial charge in [-0.3, -0.25) is 9.89 Å². The van der Waals surface area contributed by atoms with E-state index in [1.54, 1.807) is 12.3 Å². The maximum atomic E-state index is 12.0. The molecule has 1 amide bonds. The molecule has 96 valence electrons. The van der Waals surface area contributed by atoms with Crippen molar-refractivity contribution in [3.05, 3.63) is 30.0 Å². The Morgan fingerprint density at radius 2 is 2.22 bits per heavy atom. The van der Waals surface area contributed by atoms with Crippen molar-refractivity contribution in [3.8, 4) is 0 Å². The number of carbonyl (C=O) groups is 1. The average molecular weight is 246 g/mol. The molecule has 1 aromatic carbocycles. The number of aromatic nitrogens is 2. The van der Waals surface area contributed by atoms with Crippen molar-refractivity contribution in [3.63, 3.8) is 0 Å². The van der Waals surface area contributed by atoms with Crippen LogP contribution in [0.4, 0.5) is 0 Å². The number of nitrogens with one attached hydrogen (secondary N) is 3. The Bertz CT molecular complexity index is 520.